The zero-order chi connectivity index (χ0) is 8.55. The lowest BCUT2D eigenvalue weighted by atomic mass is 10.2. The fourth-order valence-corrected chi connectivity index (χ4v) is 1.16. The number of nitrogens with one attached hydrogen (secondary N) is 1. The SMILES string of the molecule is NC(=O)C1=C[NH+]2C=CN=C2C=C1. The molecule has 0 aromatic rings. The summed E-state index contributed by atoms with van der Waals surface area (Å²) in [6.07, 6.45) is 8.76. The Morgan fingerprint density at radius 3 is 3.08 bits per heavy atom. The van der Waals surface area contributed by atoms with Gasteiger partial charge in [0.1, 0.15) is 12.4 Å². The van der Waals surface area contributed by atoms with Gasteiger partial charge in [0.2, 0.25) is 5.84 Å². The summed E-state index contributed by atoms with van der Waals surface area (Å²) in [7, 11) is 0. The van der Waals surface area contributed by atoms with Crippen molar-refractivity contribution in [3.05, 3.63) is 36.3 Å². The van der Waals surface area contributed by atoms with E-state index in [2.05, 4.69) is 4.99 Å². The average molecular weight is 162 g/mol. The van der Waals surface area contributed by atoms with E-state index in [0.29, 0.717) is 5.57 Å². The number of nitrogens with two attached hydrogens (primary N) is 1. The van der Waals surface area contributed by atoms with E-state index in [4.69, 9.17) is 5.73 Å². The van der Waals surface area contributed by atoms with Gasteiger partial charge >= 0.3 is 0 Å². The van der Waals surface area contributed by atoms with Crippen molar-refractivity contribution in [2.24, 2.45) is 10.7 Å². The van der Waals surface area contributed by atoms with Gasteiger partial charge in [0.25, 0.3) is 5.91 Å². The molecule has 4 heteroatoms. The maximum atomic E-state index is 10.8. The van der Waals surface area contributed by atoms with Crippen molar-refractivity contribution in [1.29, 1.82) is 0 Å². The van der Waals surface area contributed by atoms with Crippen LogP contribution in [-0.4, -0.2) is 11.7 Å². The number of rotatable bonds is 1. The molecule has 1 amide bonds. The van der Waals surface area contributed by atoms with Crippen molar-refractivity contribution in [1.82, 2.24) is 0 Å². The third-order valence-corrected chi connectivity index (χ3v) is 1.78. The minimum Gasteiger partial charge on any atom is -0.365 e. The van der Waals surface area contributed by atoms with Gasteiger partial charge in [0.15, 0.2) is 0 Å². The van der Waals surface area contributed by atoms with Crippen molar-refractivity contribution in [2.45, 2.75) is 0 Å². The number of primary amides is 1. The molecule has 0 saturated carbocycles. The molecule has 1 atom stereocenters. The number of carbonyl (C=O) groups is 1. The highest BCUT2D eigenvalue weighted by Crippen LogP contribution is 1.99. The summed E-state index contributed by atoms with van der Waals surface area (Å²) in [4.78, 5) is 15.8. The number of fused-ring (bicyclic) bond motifs is 1. The fraction of sp³-hybridized carbons (Fsp3) is 0. The molecule has 0 aromatic carbocycles. The van der Waals surface area contributed by atoms with E-state index >= 15 is 0 Å². The van der Waals surface area contributed by atoms with E-state index in [1.165, 1.54) is 0 Å². The minimum absolute atomic E-state index is 0.405. The molecular formula is C8H8N3O+. The molecular weight excluding hydrogens is 154 g/mol. The second-order valence-electron chi connectivity index (χ2n) is 2.58. The third-order valence-electron chi connectivity index (χ3n) is 1.78. The Hall–Kier alpha value is -1.68. The fourth-order valence-electron chi connectivity index (χ4n) is 1.16. The van der Waals surface area contributed by atoms with Gasteiger partial charge in [0.05, 0.1) is 11.8 Å². The van der Waals surface area contributed by atoms with Crippen LogP contribution in [0.25, 0.3) is 0 Å². The van der Waals surface area contributed by atoms with Crippen LogP contribution in [0.5, 0.6) is 0 Å². The van der Waals surface area contributed by atoms with Crippen molar-refractivity contribution in [3.8, 4) is 0 Å². The van der Waals surface area contributed by atoms with E-state index in [1.54, 1.807) is 24.6 Å². The monoisotopic (exact) mass is 162 g/mol. The van der Waals surface area contributed by atoms with Crippen molar-refractivity contribution < 1.29 is 9.69 Å². The van der Waals surface area contributed by atoms with E-state index in [0.717, 1.165) is 10.7 Å². The molecule has 2 aliphatic heterocycles. The molecule has 0 spiro atoms. The van der Waals surface area contributed by atoms with Crippen molar-refractivity contribution >= 4 is 11.7 Å². The van der Waals surface area contributed by atoms with Crippen LogP contribution in [0.4, 0.5) is 0 Å². The number of aliphatic imine (C=N–C) groups is 1. The van der Waals surface area contributed by atoms with Crippen molar-refractivity contribution in [3.63, 3.8) is 0 Å². The van der Waals surface area contributed by atoms with E-state index < -0.39 is 5.91 Å². The number of amides is 1. The summed E-state index contributed by atoms with van der Waals surface area (Å²) in [5.41, 5.74) is 5.64. The minimum atomic E-state index is -0.405. The number of quaternary nitrogens is 1. The molecule has 4 nitrogen and oxygen atoms in total. The zero-order valence-corrected chi connectivity index (χ0v) is 6.32. The number of hydrogen-bond acceptors (Lipinski definition) is 2. The highest BCUT2D eigenvalue weighted by Gasteiger charge is 2.20. The molecule has 0 fully saturated rings. The number of hydrogen-bond donors (Lipinski definition) is 2. The Bertz CT molecular complexity index is 349. The van der Waals surface area contributed by atoms with Crippen LogP contribution < -0.4 is 10.6 Å². The molecule has 2 rings (SSSR count). The summed E-state index contributed by atoms with van der Waals surface area (Å²) in [5, 5.41) is 0. The van der Waals surface area contributed by atoms with E-state index in [-0.39, 0.29) is 0 Å². The molecule has 0 bridgehead atoms. The van der Waals surface area contributed by atoms with Crippen molar-refractivity contribution in [2.75, 3.05) is 0 Å². The highest BCUT2D eigenvalue weighted by molar-refractivity contribution is 5.99. The van der Waals surface area contributed by atoms with Crippen LogP contribution >= 0.6 is 0 Å². The first-order valence-corrected chi connectivity index (χ1v) is 3.58. The number of amidine groups is 1. The second kappa shape index (κ2) is 2.42. The Morgan fingerprint density at radius 2 is 2.33 bits per heavy atom. The third kappa shape index (κ3) is 0.981. The lowest BCUT2D eigenvalue weighted by Gasteiger charge is -2.08. The molecule has 60 valence electrons. The Morgan fingerprint density at radius 1 is 1.50 bits per heavy atom. The van der Waals surface area contributed by atoms with E-state index in [1.807, 2.05) is 6.20 Å². The standard InChI is InChI=1S/C8H7N3O/c9-8(12)6-1-2-7-10-3-4-11(7)5-6/h1-5H,(H2,9,12)/p+1. The average Bonchev–Trinajstić information content (AvgIpc) is 2.49. The summed E-state index contributed by atoms with van der Waals surface area (Å²) >= 11 is 0. The first kappa shape index (κ1) is 7.00. The summed E-state index contributed by atoms with van der Waals surface area (Å²) in [6, 6.07) is 0. The molecule has 0 aliphatic carbocycles. The maximum absolute atomic E-state index is 10.8. The van der Waals surface area contributed by atoms with Gasteiger partial charge < -0.3 is 5.73 Å². The Balaban J connectivity index is 2.34. The molecule has 0 aromatic heterocycles. The molecule has 3 N–H and O–H groups in total. The second-order valence-corrected chi connectivity index (χ2v) is 2.58. The molecule has 0 saturated heterocycles. The summed E-state index contributed by atoms with van der Waals surface area (Å²) in [5.74, 6) is 0.484. The largest absolute Gasteiger partial charge is 0.365 e. The van der Waals surface area contributed by atoms with Crippen LogP contribution in [0, 0.1) is 0 Å². The lowest BCUT2D eigenvalue weighted by Crippen LogP contribution is -3.05. The molecule has 12 heavy (non-hydrogen) atoms. The predicted octanol–water partition coefficient (Wildman–Crippen LogP) is -1.31. The van der Waals surface area contributed by atoms with Gasteiger partial charge in [-0.15, -0.1) is 0 Å². The number of nitrogens with zero attached hydrogens (tertiary/aromatic N) is 1. The van der Waals surface area contributed by atoms with Crippen LogP contribution in [0.1, 0.15) is 0 Å². The molecule has 2 aliphatic rings. The quantitative estimate of drug-likeness (QED) is 0.494. The maximum Gasteiger partial charge on any atom is 0.254 e. The van der Waals surface area contributed by atoms with Gasteiger partial charge in [-0.2, -0.15) is 4.99 Å². The van der Waals surface area contributed by atoms with Crippen LogP contribution in [0.3, 0.4) is 0 Å². The van der Waals surface area contributed by atoms with Crippen LogP contribution in [-0.2, 0) is 4.79 Å². The Kier molecular flexibility index (Phi) is 1.41. The Labute approximate surface area is 69.4 Å². The topological polar surface area (TPSA) is 59.9 Å². The smallest absolute Gasteiger partial charge is 0.254 e. The van der Waals surface area contributed by atoms with Gasteiger partial charge in [-0.25, -0.2) is 4.90 Å². The molecule has 0 radical (unpaired) electrons. The lowest BCUT2D eigenvalue weighted by molar-refractivity contribution is -0.679. The van der Waals surface area contributed by atoms with Gasteiger partial charge in [-0.05, 0) is 6.08 Å². The predicted molar refractivity (Wildman–Crippen MR) is 44.0 cm³/mol. The zero-order valence-electron chi connectivity index (χ0n) is 6.32. The molecule has 2 heterocycles. The molecule has 1 unspecified atom stereocenters. The normalized spacial score (nSPS) is 24.8. The van der Waals surface area contributed by atoms with Gasteiger partial charge in [0, 0.05) is 6.08 Å². The van der Waals surface area contributed by atoms with E-state index in [9.17, 15) is 4.79 Å². The number of carbonyl (C=O) groups excluding carboxylic acids is 1. The summed E-state index contributed by atoms with van der Waals surface area (Å²) in [6.45, 7) is 0. The summed E-state index contributed by atoms with van der Waals surface area (Å²) < 4.78 is 0. The first-order valence-electron chi connectivity index (χ1n) is 3.58. The van der Waals surface area contributed by atoms with Crippen LogP contribution in [0.15, 0.2) is 41.3 Å². The van der Waals surface area contributed by atoms with Crippen LogP contribution in [0.2, 0.25) is 0 Å². The first-order chi connectivity index (χ1) is 5.77. The highest BCUT2D eigenvalue weighted by atomic mass is 16.1. The van der Waals surface area contributed by atoms with Gasteiger partial charge in [-0.3, -0.25) is 4.79 Å². The van der Waals surface area contributed by atoms with Gasteiger partial charge in [-0.1, -0.05) is 0 Å².